The van der Waals surface area contributed by atoms with E-state index in [9.17, 15) is 18.5 Å². The normalized spacial score (nSPS) is 11.0. The zero-order chi connectivity index (χ0) is 17.0. The fourth-order valence-corrected chi connectivity index (χ4v) is 3.11. The fourth-order valence-electron chi connectivity index (χ4n) is 2.03. The Morgan fingerprint density at radius 2 is 1.87 bits per heavy atom. The Kier molecular flexibility index (Phi) is 4.85. The van der Waals surface area contributed by atoms with Gasteiger partial charge in [0.1, 0.15) is 5.75 Å². The Labute approximate surface area is 134 Å². The van der Waals surface area contributed by atoms with Crippen molar-refractivity contribution >= 4 is 21.4 Å². The zero-order valence-electron chi connectivity index (χ0n) is 12.6. The third kappa shape index (κ3) is 3.78. The summed E-state index contributed by atoms with van der Waals surface area (Å²) in [7, 11) is -3.80. The minimum absolute atomic E-state index is 0.0958. The maximum atomic E-state index is 12.4. The van der Waals surface area contributed by atoms with E-state index in [-0.39, 0.29) is 28.6 Å². The Morgan fingerprint density at radius 1 is 1.22 bits per heavy atom. The number of benzene rings is 2. The third-order valence-electron chi connectivity index (χ3n) is 3.09. The van der Waals surface area contributed by atoms with E-state index in [2.05, 4.69) is 4.72 Å². The Morgan fingerprint density at radius 3 is 2.43 bits per heavy atom. The number of nitro benzene ring substituents is 1. The van der Waals surface area contributed by atoms with Crippen molar-refractivity contribution in [3.8, 4) is 5.75 Å². The second-order valence-electron chi connectivity index (χ2n) is 4.74. The maximum Gasteiger partial charge on any atom is 0.276 e. The monoisotopic (exact) mass is 336 g/mol. The van der Waals surface area contributed by atoms with Crippen molar-refractivity contribution in [2.75, 3.05) is 11.3 Å². The van der Waals surface area contributed by atoms with E-state index in [0.717, 1.165) is 0 Å². The highest BCUT2D eigenvalue weighted by molar-refractivity contribution is 7.92. The van der Waals surface area contributed by atoms with E-state index in [4.69, 9.17) is 4.74 Å². The van der Waals surface area contributed by atoms with Crippen LogP contribution in [-0.4, -0.2) is 19.9 Å². The molecule has 0 aliphatic rings. The Bertz CT molecular complexity index is 819. The van der Waals surface area contributed by atoms with Gasteiger partial charge in [-0.15, -0.1) is 0 Å². The summed E-state index contributed by atoms with van der Waals surface area (Å²) >= 11 is 0. The molecule has 0 aliphatic heterocycles. The van der Waals surface area contributed by atoms with Crippen LogP contribution in [0.1, 0.15) is 12.5 Å². The number of ether oxygens (including phenoxy) is 1. The smallest absolute Gasteiger partial charge is 0.276 e. The van der Waals surface area contributed by atoms with Crippen LogP contribution in [0.4, 0.5) is 11.4 Å². The van der Waals surface area contributed by atoms with E-state index in [0.29, 0.717) is 5.56 Å². The summed E-state index contributed by atoms with van der Waals surface area (Å²) in [4.78, 5) is 10.6. The highest BCUT2D eigenvalue weighted by Gasteiger charge is 2.21. The summed E-state index contributed by atoms with van der Waals surface area (Å²) < 4.78 is 32.5. The summed E-state index contributed by atoms with van der Waals surface area (Å²) in [5.41, 5.74) is 0.374. The second kappa shape index (κ2) is 6.66. The van der Waals surface area contributed by atoms with Crippen molar-refractivity contribution in [1.29, 1.82) is 0 Å². The third-order valence-corrected chi connectivity index (χ3v) is 4.47. The van der Waals surface area contributed by atoms with Gasteiger partial charge in [-0.3, -0.25) is 14.8 Å². The number of hydrogen-bond acceptors (Lipinski definition) is 5. The first-order valence-electron chi connectivity index (χ1n) is 6.85. The van der Waals surface area contributed by atoms with E-state index in [1.165, 1.54) is 31.2 Å². The predicted octanol–water partition coefficient (Wildman–Crippen LogP) is 3.10. The molecule has 0 fully saturated rings. The molecule has 122 valence electrons. The molecule has 2 aromatic carbocycles. The Balaban J connectivity index is 2.47. The van der Waals surface area contributed by atoms with Gasteiger partial charge in [-0.25, -0.2) is 8.42 Å². The molecule has 1 N–H and O–H groups in total. The number of sulfonamides is 1. The van der Waals surface area contributed by atoms with Crippen LogP contribution in [0.15, 0.2) is 47.4 Å². The second-order valence-corrected chi connectivity index (χ2v) is 6.43. The summed E-state index contributed by atoms with van der Waals surface area (Å²) in [6.07, 6.45) is 0. The lowest BCUT2D eigenvalue weighted by molar-refractivity contribution is -0.385. The average Bonchev–Trinajstić information content (AvgIpc) is 2.50. The standard InChI is InChI=1S/C15H16N2O5S/c1-3-22-15-10-14(17(18)19)11(2)9-13(15)16-23(20,21)12-7-5-4-6-8-12/h4-10,16H,3H2,1-2H3. The first-order valence-corrected chi connectivity index (χ1v) is 8.33. The number of nitrogens with zero attached hydrogens (tertiary/aromatic N) is 1. The van der Waals surface area contributed by atoms with Crippen molar-refractivity contribution < 1.29 is 18.1 Å². The van der Waals surface area contributed by atoms with Crippen LogP contribution in [0, 0.1) is 17.0 Å². The highest BCUT2D eigenvalue weighted by atomic mass is 32.2. The quantitative estimate of drug-likeness (QED) is 0.645. The van der Waals surface area contributed by atoms with Crippen LogP contribution in [-0.2, 0) is 10.0 Å². The summed E-state index contributed by atoms with van der Waals surface area (Å²) in [6.45, 7) is 3.50. The van der Waals surface area contributed by atoms with Crippen molar-refractivity contribution in [2.45, 2.75) is 18.7 Å². The first kappa shape index (κ1) is 16.8. The molecule has 0 spiro atoms. The van der Waals surface area contributed by atoms with E-state index < -0.39 is 14.9 Å². The highest BCUT2D eigenvalue weighted by Crippen LogP contribution is 2.34. The molecule has 0 unspecified atom stereocenters. The van der Waals surface area contributed by atoms with Gasteiger partial charge in [0.15, 0.2) is 0 Å². The molecule has 7 nitrogen and oxygen atoms in total. The van der Waals surface area contributed by atoms with Crippen molar-refractivity contribution in [3.63, 3.8) is 0 Å². The topological polar surface area (TPSA) is 98.5 Å². The Hall–Kier alpha value is -2.61. The predicted molar refractivity (Wildman–Crippen MR) is 86.3 cm³/mol. The lowest BCUT2D eigenvalue weighted by Gasteiger charge is -2.14. The number of nitro groups is 1. The number of hydrogen-bond donors (Lipinski definition) is 1. The van der Waals surface area contributed by atoms with Crippen molar-refractivity contribution in [3.05, 3.63) is 58.1 Å². The largest absolute Gasteiger partial charge is 0.491 e. The van der Waals surface area contributed by atoms with Gasteiger partial charge in [-0.05, 0) is 32.0 Å². The van der Waals surface area contributed by atoms with Crippen molar-refractivity contribution in [1.82, 2.24) is 0 Å². The van der Waals surface area contributed by atoms with Gasteiger partial charge in [0.25, 0.3) is 15.7 Å². The molecule has 0 heterocycles. The van der Waals surface area contributed by atoms with Gasteiger partial charge in [0.2, 0.25) is 0 Å². The summed E-state index contributed by atoms with van der Waals surface area (Å²) in [5, 5.41) is 11.0. The molecule has 0 aliphatic carbocycles. The molecule has 0 amide bonds. The van der Waals surface area contributed by atoms with E-state index in [1.807, 2.05) is 0 Å². The molecular weight excluding hydrogens is 320 g/mol. The van der Waals surface area contributed by atoms with Gasteiger partial charge in [-0.2, -0.15) is 0 Å². The summed E-state index contributed by atoms with van der Waals surface area (Å²) in [6, 6.07) is 10.5. The lowest BCUT2D eigenvalue weighted by atomic mass is 10.1. The molecular formula is C15H16N2O5S. The lowest BCUT2D eigenvalue weighted by Crippen LogP contribution is -2.14. The van der Waals surface area contributed by atoms with Crippen LogP contribution in [0.25, 0.3) is 0 Å². The van der Waals surface area contributed by atoms with Gasteiger partial charge < -0.3 is 4.74 Å². The molecule has 8 heteroatoms. The molecule has 0 atom stereocenters. The van der Waals surface area contributed by atoms with Gasteiger partial charge >= 0.3 is 0 Å². The van der Waals surface area contributed by atoms with E-state index >= 15 is 0 Å². The minimum Gasteiger partial charge on any atom is -0.491 e. The van der Waals surface area contributed by atoms with Crippen molar-refractivity contribution in [2.24, 2.45) is 0 Å². The number of anilines is 1. The fraction of sp³-hybridized carbons (Fsp3) is 0.200. The van der Waals surface area contributed by atoms with Gasteiger partial charge in [0, 0.05) is 5.56 Å². The maximum absolute atomic E-state index is 12.4. The van der Waals surface area contributed by atoms with Crippen LogP contribution >= 0.6 is 0 Å². The molecule has 23 heavy (non-hydrogen) atoms. The molecule has 0 bridgehead atoms. The number of nitrogens with one attached hydrogen (secondary N) is 1. The molecule has 0 aromatic heterocycles. The van der Waals surface area contributed by atoms with E-state index in [1.54, 1.807) is 25.1 Å². The van der Waals surface area contributed by atoms with Crippen LogP contribution < -0.4 is 9.46 Å². The molecule has 0 radical (unpaired) electrons. The molecule has 2 rings (SSSR count). The first-order chi connectivity index (χ1) is 10.8. The van der Waals surface area contributed by atoms with Crippen LogP contribution in [0.5, 0.6) is 5.75 Å². The minimum atomic E-state index is -3.80. The van der Waals surface area contributed by atoms with Gasteiger partial charge in [0.05, 0.1) is 28.2 Å². The van der Waals surface area contributed by atoms with Gasteiger partial charge in [-0.1, -0.05) is 18.2 Å². The molecule has 0 saturated carbocycles. The molecule has 2 aromatic rings. The van der Waals surface area contributed by atoms with Crippen LogP contribution in [0.2, 0.25) is 0 Å². The SMILES string of the molecule is CCOc1cc([N+](=O)[O-])c(C)cc1NS(=O)(=O)c1ccccc1. The summed E-state index contributed by atoms with van der Waals surface area (Å²) in [5.74, 6) is 0.115. The number of aryl methyl sites for hydroxylation is 1. The average molecular weight is 336 g/mol. The number of rotatable bonds is 6. The van der Waals surface area contributed by atoms with Crippen LogP contribution in [0.3, 0.4) is 0 Å². The zero-order valence-corrected chi connectivity index (χ0v) is 13.5. The molecule has 0 saturated heterocycles.